The SMILES string of the molecule is Cc1cc2n(n1)CC(=O)NC2. The van der Waals surface area contributed by atoms with Gasteiger partial charge in [0.1, 0.15) is 6.54 Å². The average molecular weight is 151 g/mol. The second kappa shape index (κ2) is 2.08. The third-order valence-electron chi connectivity index (χ3n) is 1.75. The summed E-state index contributed by atoms with van der Waals surface area (Å²) in [4.78, 5) is 10.9. The van der Waals surface area contributed by atoms with Gasteiger partial charge in [-0.3, -0.25) is 9.48 Å². The van der Waals surface area contributed by atoms with E-state index in [1.54, 1.807) is 4.68 Å². The van der Waals surface area contributed by atoms with Gasteiger partial charge in [0, 0.05) is 0 Å². The van der Waals surface area contributed by atoms with E-state index in [-0.39, 0.29) is 5.91 Å². The van der Waals surface area contributed by atoms with Gasteiger partial charge in [0.25, 0.3) is 0 Å². The van der Waals surface area contributed by atoms with Gasteiger partial charge in [0.05, 0.1) is 17.9 Å². The Hall–Kier alpha value is -1.32. The summed E-state index contributed by atoms with van der Waals surface area (Å²) in [7, 11) is 0. The van der Waals surface area contributed by atoms with Gasteiger partial charge in [-0.2, -0.15) is 5.10 Å². The van der Waals surface area contributed by atoms with Crippen molar-refractivity contribution in [1.29, 1.82) is 0 Å². The minimum Gasteiger partial charge on any atom is -0.349 e. The molecule has 4 heteroatoms. The van der Waals surface area contributed by atoms with E-state index in [1.165, 1.54) is 0 Å². The van der Waals surface area contributed by atoms with E-state index in [0.29, 0.717) is 13.1 Å². The van der Waals surface area contributed by atoms with Gasteiger partial charge in [-0.05, 0) is 13.0 Å². The maximum atomic E-state index is 10.9. The molecule has 2 rings (SSSR count). The standard InChI is InChI=1S/C7H9N3O/c1-5-2-6-3-8-7(11)4-10(6)9-5/h2H,3-4H2,1H3,(H,8,11). The van der Waals surface area contributed by atoms with Crippen molar-refractivity contribution in [3.05, 3.63) is 17.5 Å². The van der Waals surface area contributed by atoms with E-state index in [1.807, 2.05) is 13.0 Å². The highest BCUT2D eigenvalue weighted by Crippen LogP contribution is 2.06. The van der Waals surface area contributed by atoms with Gasteiger partial charge in [-0.1, -0.05) is 0 Å². The number of fused-ring (bicyclic) bond motifs is 1. The number of carbonyl (C=O) groups excluding carboxylic acids is 1. The highest BCUT2D eigenvalue weighted by atomic mass is 16.2. The summed E-state index contributed by atoms with van der Waals surface area (Å²) >= 11 is 0. The van der Waals surface area contributed by atoms with Crippen LogP contribution in [0.25, 0.3) is 0 Å². The fraction of sp³-hybridized carbons (Fsp3) is 0.429. The molecule has 0 bridgehead atoms. The van der Waals surface area contributed by atoms with Crippen LogP contribution in [-0.4, -0.2) is 15.7 Å². The van der Waals surface area contributed by atoms with Crippen molar-refractivity contribution in [3.63, 3.8) is 0 Å². The number of carbonyl (C=O) groups is 1. The summed E-state index contributed by atoms with van der Waals surface area (Å²) in [5, 5.41) is 6.91. The third-order valence-corrected chi connectivity index (χ3v) is 1.75. The summed E-state index contributed by atoms with van der Waals surface area (Å²) in [5.41, 5.74) is 2.05. The monoisotopic (exact) mass is 151 g/mol. The van der Waals surface area contributed by atoms with Gasteiger partial charge >= 0.3 is 0 Å². The second-order valence-corrected chi connectivity index (χ2v) is 2.71. The van der Waals surface area contributed by atoms with E-state index in [0.717, 1.165) is 11.4 Å². The molecular weight excluding hydrogens is 142 g/mol. The van der Waals surface area contributed by atoms with Crippen LogP contribution in [-0.2, 0) is 17.9 Å². The van der Waals surface area contributed by atoms with Crippen LogP contribution in [0.3, 0.4) is 0 Å². The zero-order chi connectivity index (χ0) is 7.84. The van der Waals surface area contributed by atoms with Gasteiger partial charge in [0.15, 0.2) is 0 Å². The molecular formula is C7H9N3O. The maximum absolute atomic E-state index is 10.9. The Bertz CT molecular complexity index is 303. The molecule has 0 spiro atoms. The first-order valence-corrected chi connectivity index (χ1v) is 3.56. The van der Waals surface area contributed by atoms with Crippen LogP contribution >= 0.6 is 0 Å². The van der Waals surface area contributed by atoms with Crippen molar-refractivity contribution in [1.82, 2.24) is 15.1 Å². The van der Waals surface area contributed by atoms with Crippen LogP contribution in [0.15, 0.2) is 6.07 Å². The topological polar surface area (TPSA) is 46.9 Å². The predicted molar refractivity (Wildman–Crippen MR) is 38.8 cm³/mol. The molecule has 4 nitrogen and oxygen atoms in total. The summed E-state index contributed by atoms with van der Waals surface area (Å²) in [6, 6.07) is 1.99. The van der Waals surface area contributed by atoms with Crippen LogP contribution < -0.4 is 5.32 Å². The van der Waals surface area contributed by atoms with E-state index in [9.17, 15) is 4.79 Å². The zero-order valence-electron chi connectivity index (χ0n) is 6.29. The number of hydrogen-bond donors (Lipinski definition) is 1. The minimum absolute atomic E-state index is 0.0422. The van der Waals surface area contributed by atoms with Crippen LogP contribution in [0.1, 0.15) is 11.4 Å². The molecule has 1 aliphatic rings. The Kier molecular flexibility index (Phi) is 1.21. The number of nitrogens with zero attached hydrogens (tertiary/aromatic N) is 2. The van der Waals surface area contributed by atoms with Gasteiger partial charge in [-0.15, -0.1) is 0 Å². The lowest BCUT2D eigenvalue weighted by atomic mass is 10.3. The van der Waals surface area contributed by atoms with E-state index < -0.39 is 0 Å². The van der Waals surface area contributed by atoms with E-state index in [2.05, 4.69) is 10.4 Å². The minimum atomic E-state index is 0.0422. The van der Waals surface area contributed by atoms with Gasteiger partial charge in [-0.25, -0.2) is 0 Å². The number of hydrogen-bond acceptors (Lipinski definition) is 2. The number of nitrogens with one attached hydrogen (secondary N) is 1. The summed E-state index contributed by atoms with van der Waals surface area (Å²) in [5.74, 6) is 0.0422. The molecule has 0 fully saturated rings. The lowest BCUT2D eigenvalue weighted by Crippen LogP contribution is -2.34. The van der Waals surface area contributed by atoms with Crippen LogP contribution in [0.2, 0.25) is 0 Å². The lowest BCUT2D eigenvalue weighted by Gasteiger charge is -2.13. The van der Waals surface area contributed by atoms with Crippen LogP contribution in [0.5, 0.6) is 0 Å². The van der Waals surface area contributed by atoms with Crippen LogP contribution in [0, 0.1) is 6.92 Å². The number of rotatable bonds is 0. The summed E-state index contributed by atoms with van der Waals surface area (Å²) in [6.45, 7) is 2.90. The molecule has 11 heavy (non-hydrogen) atoms. The van der Waals surface area contributed by atoms with Crippen molar-refractivity contribution >= 4 is 5.91 Å². The van der Waals surface area contributed by atoms with Crippen molar-refractivity contribution in [3.8, 4) is 0 Å². The molecule has 1 amide bonds. The number of aryl methyl sites for hydroxylation is 1. The van der Waals surface area contributed by atoms with Crippen molar-refractivity contribution in [2.24, 2.45) is 0 Å². The molecule has 1 aliphatic heterocycles. The zero-order valence-corrected chi connectivity index (χ0v) is 6.29. The van der Waals surface area contributed by atoms with Crippen molar-refractivity contribution in [2.45, 2.75) is 20.0 Å². The summed E-state index contributed by atoms with van der Waals surface area (Å²) in [6.07, 6.45) is 0. The first-order valence-electron chi connectivity index (χ1n) is 3.56. The molecule has 0 saturated carbocycles. The fourth-order valence-electron chi connectivity index (χ4n) is 1.26. The highest BCUT2D eigenvalue weighted by Gasteiger charge is 2.14. The average Bonchev–Trinajstić information content (AvgIpc) is 2.27. The van der Waals surface area contributed by atoms with E-state index >= 15 is 0 Å². The molecule has 0 saturated heterocycles. The molecule has 58 valence electrons. The predicted octanol–water partition coefficient (Wildman–Crippen LogP) is -0.179. The molecule has 0 unspecified atom stereocenters. The molecule has 1 aromatic heterocycles. The summed E-state index contributed by atoms with van der Waals surface area (Å²) < 4.78 is 1.74. The van der Waals surface area contributed by atoms with Crippen molar-refractivity contribution in [2.75, 3.05) is 0 Å². The Morgan fingerprint density at radius 2 is 2.55 bits per heavy atom. The normalized spacial score (nSPS) is 15.9. The molecule has 2 heterocycles. The first-order chi connectivity index (χ1) is 5.25. The molecule has 1 aromatic rings. The van der Waals surface area contributed by atoms with E-state index in [4.69, 9.17) is 0 Å². The number of amides is 1. The van der Waals surface area contributed by atoms with Gasteiger partial charge < -0.3 is 5.32 Å². The van der Waals surface area contributed by atoms with Crippen LogP contribution in [0.4, 0.5) is 0 Å². The quantitative estimate of drug-likeness (QED) is 0.559. The Balaban J connectivity index is 2.41. The largest absolute Gasteiger partial charge is 0.349 e. The number of aromatic nitrogens is 2. The maximum Gasteiger partial charge on any atom is 0.242 e. The molecule has 0 atom stereocenters. The van der Waals surface area contributed by atoms with Crippen molar-refractivity contribution < 1.29 is 4.79 Å². The lowest BCUT2D eigenvalue weighted by molar-refractivity contribution is -0.122. The first kappa shape index (κ1) is 6.39. The molecule has 0 aromatic carbocycles. The Labute approximate surface area is 64.2 Å². The fourth-order valence-corrected chi connectivity index (χ4v) is 1.26. The molecule has 1 N–H and O–H groups in total. The molecule has 0 radical (unpaired) electrons. The second-order valence-electron chi connectivity index (χ2n) is 2.71. The Morgan fingerprint density at radius 1 is 1.73 bits per heavy atom. The van der Waals surface area contributed by atoms with Gasteiger partial charge in [0.2, 0.25) is 5.91 Å². The highest BCUT2D eigenvalue weighted by molar-refractivity contribution is 5.76. The smallest absolute Gasteiger partial charge is 0.242 e. The third kappa shape index (κ3) is 1.00. The molecule has 0 aliphatic carbocycles. The Morgan fingerprint density at radius 3 is 3.36 bits per heavy atom.